The monoisotopic (exact) mass is 386 g/mol. The highest BCUT2D eigenvalue weighted by atomic mass is 16.1. The normalized spacial score (nSPS) is 15.4. The smallest absolute Gasteiger partial charge is 0.251 e. The van der Waals surface area contributed by atoms with Crippen LogP contribution in [-0.4, -0.2) is 37.0 Å². The number of benzene rings is 3. The van der Waals surface area contributed by atoms with Crippen molar-refractivity contribution in [3.63, 3.8) is 0 Å². The lowest BCUT2D eigenvalue weighted by molar-refractivity contribution is 0.0952. The average Bonchev–Trinajstić information content (AvgIpc) is 2.79. The summed E-state index contributed by atoms with van der Waals surface area (Å²) in [5, 5.41) is 5.35. The van der Waals surface area contributed by atoms with Gasteiger partial charge in [0, 0.05) is 12.1 Å². The summed E-state index contributed by atoms with van der Waals surface area (Å²) < 4.78 is 0. The number of amides is 1. The summed E-state index contributed by atoms with van der Waals surface area (Å²) in [6, 6.07) is 25.0. The van der Waals surface area contributed by atoms with Gasteiger partial charge in [-0.1, -0.05) is 60.7 Å². The molecule has 3 heteroatoms. The van der Waals surface area contributed by atoms with Gasteiger partial charge in [0.15, 0.2) is 0 Å². The predicted octanol–water partition coefficient (Wildman–Crippen LogP) is 5.23. The van der Waals surface area contributed by atoms with E-state index < -0.39 is 0 Å². The second-order valence-electron chi connectivity index (χ2n) is 8.05. The molecule has 0 unspecified atom stereocenters. The summed E-state index contributed by atoms with van der Waals surface area (Å²) >= 11 is 0. The predicted molar refractivity (Wildman–Crippen MR) is 120 cm³/mol. The van der Waals surface area contributed by atoms with Crippen LogP contribution in [0.2, 0.25) is 0 Å². The van der Waals surface area contributed by atoms with Gasteiger partial charge in [-0.3, -0.25) is 4.79 Å². The zero-order valence-electron chi connectivity index (χ0n) is 17.0. The van der Waals surface area contributed by atoms with Crippen LogP contribution in [0.5, 0.6) is 0 Å². The summed E-state index contributed by atoms with van der Waals surface area (Å²) in [5.74, 6) is 0.744. The third kappa shape index (κ3) is 5.24. The van der Waals surface area contributed by atoms with Gasteiger partial charge in [0.25, 0.3) is 5.91 Å². The minimum Gasteiger partial charge on any atom is -0.352 e. The number of likely N-dealkylation sites (tertiary alicyclic amines) is 1. The van der Waals surface area contributed by atoms with E-state index in [1.54, 1.807) is 0 Å². The molecule has 1 aliphatic heterocycles. The van der Waals surface area contributed by atoms with E-state index >= 15 is 0 Å². The Kier molecular flexibility index (Phi) is 6.58. The molecule has 1 saturated heterocycles. The van der Waals surface area contributed by atoms with E-state index in [0.717, 1.165) is 36.9 Å². The molecule has 1 amide bonds. The van der Waals surface area contributed by atoms with Crippen LogP contribution in [0.25, 0.3) is 10.8 Å². The summed E-state index contributed by atoms with van der Waals surface area (Å²) in [7, 11) is 0. The first kappa shape index (κ1) is 19.7. The lowest BCUT2D eigenvalue weighted by Crippen LogP contribution is -2.34. The van der Waals surface area contributed by atoms with Crippen LogP contribution < -0.4 is 5.32 Å². The number of hydrogen-bond acceptors (Lipinski definition) is 2. The van der Waals surface area contributed by atoms with Crippen LogP contribution in [0.1, 0.15) is 47.5 Å². The maximum absolute atomic E-state index is 12.4. The van der Waals surface area contributed by atoms with Crippen LogP contribution in [0.15, 0.2) is 72.8 Å². The molecule has 1 N–H and O–H groups in total. The van der Waals surface area contributed by atoms with Crippen LogP contribution in [0.3, 0.4) is 0 Å². The van der Waals surface area contributed by atoms with Crippen molar-refractivity contribution in [1.82, 2.24) is 10.2 Å². The number of piperidine rings is 1. The molecule has 0 spiro atoms. The third-order valence-corrected chi connectivity index (χ3v) is 6.06. The van der Waals surface area contributed by atoms with E-state index in [9.17, 15) is 4.79 Å². The van der Waals surface area contributed by atoms with Gasteiger partial charge in [-0.05, 0) is 79.7 Å². The van der Waals surface area contributed by atoms with Crippen LogP contribution in [-0.2, 0) is 0 Å². The quantitative estimate of drug-likeness (QED) is 0.564. The van der Waals surface area contributed by atoms with Crippen molar-refractivity contribution in [3.8, 4) is 0 Å². The van der Waals surface area contributed by atoms with Crippen LogP contribution >= 0.6 is 0 Å². The molecule has 0 aliphatic carbocycles. The molecule has 0 atom stereocenters. The third-order valence-electron chi connectivity index (χ3n) is 6.06. The highest BCUT2D eigenvalue weighted by Crippen LogP contribution is 2.27. The Hall–Kier alpha value is -2.65. The second kappa shape index (κ2) is 9.71. The van der Waals surface area contributed by atoms with E-state index in [1.807, 2.05) is 36.4 Å². The molecule has 1 aliphatic rings. The fourth-order valence-corrected chi connectivity index (χ4v) is 4.31. The van der Waals surface area contributed by atoms with Gasteiger partial charge in [-0.25, -0.2) is 0 Å². The molecular weight excluding hydrogens is 356 g/mol. The molecule has 3 aromatic carbocycles. The fraction of sp³-hybridized carbons (Fsp3) is 0.346. The largest absolute Gasteiger partial charge is 0.352 e. The Morgan fingerprint density at radius 1 is 0.862 bits per heavy atom. The maximum atomic E-state index is 12.4. The van der Waals surface area contributed by atoms with Gasteiger partial charge in [0.2, 0.25) is 0 Å². The van der Waals surface area contributed by atoms with Crippen LogP contribution in [0.4, 0.5) is 0 Å². The Bertz CT molecular complexity index is 930. The zero-order chi connectivity index (χ0) is 19.9. The van der Waals surface area contributed by atoms with Crippen molar-refractivity contribution in [2.45, 2.75) is 31.6 Å². The highest BCUT2D eigenvalue weighted by molar-refractivity contribution is 5.98. The highest BCUT2D eigenvalue weighted by Gasteiger charge is 2.19. The van der Waals surface area contributed by atoms with E-state index in [4.69, 9.17) is 0 Å². The summed E-state index contributed by atoms with van der Waals surface area (Å²) in [6.07, 6.45) is 4.66. The summed E-state index contributed by atoms with van der Waals surface area (Å²) in [6.45, 7) is 4.24. The molecule has 0 radical (unpaired) electrons. The number of hydrogen-bond donors (Lipinski definition) is 1. The maximum Gasteiger partial charge on any atom is 0.251 e. The number of unbranched alkanes of at least 4 members (excludes halogenated alkanes) is 1. The van der Waals surface area contributed by atoms with Gasteiger partial charge in [-0.15, -0.1) is 0 Å². The Morgan fingerprint density at radius 3 is 2.38 bits per heavy atom. The number of fused-ring (bicyclic) bond motifs is 1. The molecule has 0 aromatic heterocycles. The average molecular weight is 387 g/mol. The topological polar surface area (TPSA) is 32.3 Å². The molecule has 0 saturated carbocycles. The fourth-order valence-electron chi connectivity index (χ4n) is 4.31. The lowest BCUT2D eigenvalue weighted by Gasteiger charge is -2.32. The SMILES string of the molecule is O=C(NCCCCN1CCC(c2ccccc2)CC1)c1ccc2ccccc2c1. The van der Waals surface area contributed by atoms with Gasteiger partial charge in [-0.2, -0.15) is 0 Å². The number of rotatable bonds is 7. The number of nitrogens with one attached hydrogen (secondary N) is 1. The molecular formula is C26H30N2O. The first-order chi connectivity index (χ1) is 14.3. The molecule has 0 bridgehead atoms. The minimum atomic E-state index is 0.0272. The van der Waals surface area contributed by atoms with Crippen molar-refractivity contribution >= 4 is 16.7 Å². The van der Waals surface area contributed by atoms with E-state index in [1.165, 1.54) is 36.9 Å². The molecule has 4 rings (SSSR count). The van der Waals surface area contributed by atoms with Crippen molar-refractivity contribution in [3.05, 3.63) is 83.9 Å². The molecule has 150 valence electrons. The minimum absolute atomic E-state index is 0.0272. The lowest BCUT2D eigenvalue weighted by atomic mass is 9.89. The van der Waals surface area contributed by atoms with Gasteiger partial charge in [0.1, 0.15) is 0 Å². The number of nitrogens with zero attached hydrogens (tertiary/aromatic N) is 1. The summed E-state index contributed by atoms with van der Waals surface area (Å²) in [4.78, 5) is 15.0. The van der Waals surface area contributed by atoms with Gasteiger partial charge < -0.3 is 10.2 Å². The molecule has 3 nitrogen and oxygen atoms in total. The van der Waals surface area contributed by atoms with E-state index in [2.05, 4.69) is 46.6 Å². The van der Waals surface area contributed by atoms with Crippen molar-refractivity contribution in [2.24, 2.45) is 0 Å². The first-order valence-electron chi connectivity index (χ1n) is 10.8. The van der Waals surface area contributed by atoms with E-state index in [0.29, 0.717) is 5.92 Å². The second-order valence-corrected chi connectivity index (χ2v) is 8.05. The van der Waals surface area contributed by atoms with Gasteiger partial charge >= 0.3 is 0 Å². The van der Waals surface area contributed by atoms with Crippen molar-refractivity contribution in [2.75, 3.05) is 26.2 Å². The Morgan fingerprint density at radius 2 is 1.59 bits per heavy atom. The summed E-state index contributed by atoms with van der Waals surface area (Å²) in [5.41, 5.74) is 2.23. The first-order valence-corrected chi connectivity index (χ1v) is 10.8. The Labute approximate surface area is 173 Å². The number of carbonyl (C=O) groups excluding carboxylic acids is 1. The molecule has 3 aromatic rings. The van der Waals surface area contributed by atoms with Crippen molar-refractivity contribution in [1.29, 1.82) is 0 Å². The van der Waals surface area contributed by atoms with Crippen LogP contribution in [0, 0.1) is 0 Å². The van der Waals surface area contributed by atoms with E-state index in [-0.39, 0.29) is 5.91 Å². The van der Waals surface area contributed by atoms with Gasteiger partial charge in [0.05, 0.1) is 0 Å². The number of carbonyl (C=O) groups is 1. The van der Waals surface area contributed by atoms with Crippen molar-refractivity contribution < 1.29 is 4.79 Å². The standard InChI is InChI=1S/C26H30N2O/c29-26(25-13-12-22-10-4-5-11-24(22)20-25)27-16-6-7-17-28-18-14-23(15-19-28)21-8-2-1-3-9-21/h1-5,8-13,20,23H,6-7,14-19H2,(H,27,29). The molecule has 29 heavy (non-hydrogen) atoms. The Balaban J connectivity index is 1.14. The molecule has 1 heterocycles. The zero-order valence-corrected chi connectivity index (χ0v) is 17.0. The molecule has 1 fully saturated rings.